The second kappa shape index (κ2) is 8.89. The van der Waals surface area contributed by atoms with Crippen molar-refractivity contribution >= 4 is 21.8 Å². The molecule has 0 saturated carbocycles. The van der Waals surface area contributed by atoms with Gasteiger partial charge in [0.15, 0.2) is 0 Å². The Labute approximate surface area is 125 Å². The Morgan fingerprint density at radius 3 is 2.80 bits per heavy atom. The van der Waals surface area contributed by atoms with Gasteiger partial charge in [0.25, 0.3) is 0 Å². The molecule has 1 aromatic carbocycles. The molecule has 0 aromatic heterocycles. The van der Waals surface area contributed by atoms with Crippen LogP contribution in [0.25, 0.3) is 0 Å². The summed E-state index contributed by atoms with van der Waals surface area (Å²) in [5, 5.41) is 3.72. The molecule has 0 bridgehead atoms. The third-order valence-corrected chi connectivity index (χ3v) is 3.31. The molecule has 0 spiro atoms. The summed E-state index contributed by atoms with van der Waals surface area (Å²) >= 11 is 3.31. The largest absolute Gasteiger partial charge is 0.435 e. The van der Waals surface area contributed by atoms with Crippen LogP contribution >= 0.6 is 15.9 Å². The SMILES string of the molecule is CC(NC(=O)CCCCBr)c1cccc(OC(F)F)c1. The fraction of sp³-hybridized carbons (Fsp3) is 0.500. The molecule has 0 heterocycles. The van der Waals surface area contributed by atoms with E-state index in [4.69, 9.17) is 0 Å². The minimum atomic E-state index is -2.85. The second-order valence-electron chi connectivity index (χ2n) is 4.39. The zero-order valence-electron chi connectivity index (χ0n) is 11.2. The summed E-state index contributed by atoms with van der Waals surface area (Å²) in [5.74, 6) is 0.0523. The lowest BCUT2D eigenvalue weighted by molar-refractivity contribution is -0.121. The monoisotopic (exact) mass is 349 g/mol. The Bertz CT molecular complexity index is 429. The molecule has 0 aliphatic carbocycles. The third kappa shape index (κ3) is 6.32. The van der Waals surface area contributed by atoms with Crippen molar-refractivity contribution in [1.29, 1.82) is 0 Å². The van der Waals surface area contributed by atoms with Crippen LogP contribution in [0.4, 0.5) is 8.78 Å². The van der Waals surface area contributed by atoms with E-state index < -0.39 is 6.61 Å². The van der Waals surface area contributed by atoms with Crippen LogP contribution in [-0.4, -0.2) is 17.8 Å². The molecule has 0 saturated heterocycles. The van der Waals surface area contributed by atoms with E-state index in [2.05, 4.69) is 26.0 Å². The number of unbranched alkanes of at least 4 members (excludes halogenated alkanes) is 1. The lowest BCUT2D eigenvalue weighted by atomic mass is 10.1. The van der Waals surface area contributed by atoms with E-state index in [9.17, 15) is 13.6 Å². The number of nitrogens with one attached hydrogen (secondary N) is 1. The van der Waals surface area contributed by atoms with Gasteiger partial charge in [-0.2, -0.15) is 8.78 Å². The number of carbonyl (C=O) groups is 1. The van der Waals surface area contributed by atoms with Crippen molar-refractivity contribution < 1.29 is 18.3 Å². The summed E-state index contributed by atoms with van der Waals surface area (Å²) in [7, 11) is 0. The maximum absolute atomic E-state index is 12.1. The first-order chi connectivity index (χ1) is 9.52. The first-order valence-electron chi connectivity index (χ1n) is 6.43. The normalized spacial score (nSPS) is 12.2. The van der Waals surface area contributed by atoms with Gasteiger partial charge < -0.3 is 10.1 Å². The first kappa shape index (κ1) is 16.9. The van der Waals surface area contributed by atoms with Gasteiger partial charge in [-0.05, 0) is 37.5 Å². The summed E-state index contributed by atoms with van der Waals surface area (Å²) in [6.45, 7) is -1.04. The summed E-state index contributed by atoms with van der Waals surface area (Å²) in [6, 6.07) is 6.12. The van der Waals surface area contributed by atoms with Crippen molar-refractivity contribution in [2.45, 2.75) is 38.8 Å². The molecule has 0 fully saturated rings. The highest BCUT2D eigenvalue weighted by Crippen LogP contribution is 2.20. The van der Waals surface area contributed by atoms with Crippen LogP contribution in [0, 0.1) is 0 Å². The highest BCUT2D eigenvalue weighted by Gasteiger charge is 2.11. The maximum Gasteiger partial charge on any atom is 0.387 e. The van der Waals surface area contributed by atoms with Gasteiger partial charge in [0.2, 0.25) is 5.91 Å². The highest BCUT2D eigenvalue weighted by molar-refractivity contribution is 9.09. The fourth-order valence-electron chi connectivity index (χ4n) is 1.74. The number of ether oxygens (including phenoxy) is 1. The Balaban J connectivity index is 2.54. The summed E-state index contributed by atoms with van der Waals surface area (Å²) in [4.78, 5) is 11.7. The van der Waals surface area contributed by atoms with Gasteiger partial charge in [0.1, 0.15) is 5.75 Å². The average molecular weight is 350 g/mol. The Hall–Kier alpha value is -1.17. The standard InChI is InChI=1S/C14H18BrF2NO2/c1-10(18-13(19)7-2-3-8-15)11-5-4-6-12(9-11)20-14(16)17/h4-6,9-10,14H,2-3,7-8H2,1H3,(H,18,19). The summed E-state index contributed by atoms with van der Waals surface area (Å²) in [5.41, 5.74) is 0.733. The molecule has 1 unspecified atom stereocenters. The summed E-state index contributed by atoms with van der Waals surface area (Å²) in [6.07, 6.45) is 2.22. The predicted molar refractivity (Wildman–Crippen MR) is 77.3 cm³/mol. The van der Waals surface area contributed by atoms with Crippen molar-refractivity contribution in [3.05, 3.63) is 29.8 Å². The van der Waals surface area contributed by atoms with Gasteiger partial charge >= 0.3 is 6.61 Å². The zero-order chi connectivity index (χ0) is 15.0. The van der Waals surface area contributed by atoms with Gasteiger partial charge in [-0.25, -0.2) is 0 Å². The lowest BCUT2D eigenvalue weighted by Gasteiger charge is -2.15. The molecule has 1 atom stereocenters. The minimum Gasteiger partial charge on any atom is -0.435 e. The van der Waals surface area contributed by atoms with Crippen LogP contribution in [-0.2, 0) is 4.79 Å². The van der Waals surface area contributed by atoms with E-state index in [0.29, 0.717) is 6.42 Å². The van der Waals surface area contributed by atoms with Gasteiger partial charge in [-0.15, -0.1) is 0 Å². The molecular weight excluding hydrogens is 332 g/mol. The van der Waals surface area contributed by atoms with Crippen LogP contribution in [0.2, 0.25) is 0 Å². The van der Waals surface area contributed by atoms with Crippen LogP contribution in [0.5, 0.6) is 5.75 Å². The number of rotatable bonds is 8. The molecule has 1 amide bonds. The fourth-order valence-corrected chi connectivity index (χ4v) is 2.13. The second-order valence-corrected chi connectivity index (χ2v) is 5.18. The van der Waals surface area contributed by atoms with E-state index in [0.717, 1.165) is 23.7 Å². The van der Waals surface area contributed by atoms with E-state index in [1.165, 1.54) is 12.1 Å². The Kier molecular flexibility index (Phi) is 7.51. The first-order valence-corrected chi connectivity index (χ1v) is 7.55. The van der Waals surface area contributed by atoms with Crippen LogP contribution in [0.1, 0.15) is 37.8 Å². The maximum atomic E-state index is 12.1. The number of alkyl halides is 3. The zero-order valence-corrected chi connectivity index (χ0v) is 12.8. The number of amides is 1. The molecule has 3 nitrogen and oxygen atoms in total. The number of carbonyl (C=O) groups excluding carboxylic acids is 1. The molecule has 1 aromatic rings. The van der Waals surface area contributed by atoms with Crippen molar-refractivity contribution in [2.75, 3.05) is 5.33 Å². The van der Waals surface area contributed by atoms with Crippen molar-refractivity contribution in [1.82, 2.24) is 5.32 Å². The van der Waals surface area contributed by atoms with E-state index in [1.807, 2.05) is 6.92 Å². The van der Waals surface area contributed by atoms with Gasteiger partial charge in [0, 0.05) is 11.8 Å². The predicted octanol–water partition coefficient (Wildman–Crippen LogP) is 4.03. The number of halogens is 3. The topological polar surface area (TPSA) is 38.3 Å². The minimum absolute atomic E-state index is 0.0429. The van der Waals surface area contributed by atoms with Crippen molar-refractivity contribution in [3.8, 4) is 5.75 Å². The van der Waals surface area contributed by atoms with E-state index >= 15 is 0 Å². The molecule has 112 valence electrons. The number of benzene rings is 1. The summed E-state index contributed by atoms with van der Waals surface area (Å²) < 4.78 is 28.6. The molecule has 0 aliphatic heterocycles. The Morgan fingerprint density at radius 2 is 2.15 bits per heavy atom. The quantitative estimate of drug-likeness (QED) is 0.568. The third-order valence-electron chi connectivity index (χ3n) is 2.75. The van der Waals surface area contributed by atoms with Gasteiger partial charge in [-0.3, -0.25) is 4.79 Å². The molecule has 6 heteroatoms. The molecule has 0 radical (unpaired) electrons. The molecule has 0 aliphatic rings. The van der Waals surface area contributed by atoms with Crippen molar-refractivity contribution in [2.24, 2.45) is 0 Å². The molecular formula is C14H18BrF2NO2. The van der Waals surface area contributed by atoms with Crippen LogP contribution < -0.4 is 10.1 Å². The van der Waals surface area contributed by atoms with Crippen molar-refractivity contribution in [3.63, 3.8) is 0 Å². The molecule has 1 rings (SSSR count). The smallest absolute Gasteiger partial charge is 0.387 e. The lowest BCUT2D eigenvalue weighted by Crippen LogP contribution is -2.26. The molecule has 1 N–H and O–H groups in total. The van der Waals surface area contributed by atoms with Gasteiger partial charge in [0.05, 0.1) is 6.04 Å². The highest BCUT2D eigenvalue weighted by atomic mass is 79.9. The average Bonchev–Trinajstić information content (AvgIpc) is 2.38. The Morgan fingerprint density at radius 1 is 1.40 bits per heavy atom. The van der Waals surface area contributed by atoms with Crippen LogP contribution in [0.15, 0.2) is 24.3 Å². The van der Waals surface area contributed by atoms with Gasteiger partial charge in [-0.1, -0.05) is 28.1 Å². The van der Waals surface area contributed by atoms with E-state index in [1.54, 1.807) is 12.1 Å². The number of hydrogen-bond acceptors (Lipinski definition) is 2. The van der Waals surface area contributed by atoms with Crippen LogP contribution in [0.3, 0.4) is 0 Å². The van der Waals surface area contributed by atoms with E-state index in [-0.39, 0.29) is 17.7 Å². The molecule has 20 heavy (non-hydrogen) atoms. The number of hydrogen-bond donors (Lipinski definition) is 1.